The summed E-state index contributed by atoms with van der Waals surface area (Å²) >= 11 is 0. The van der Waals surface area contributed by atoms with Gasteiger partial charge in [-0.15, -0.1) is 0 Å². The lowest BCUT2D eigenvalue weighted by Gasteiger charge is -2.38. The quantitative estimate of drug-likeness (QED) is 0.824. The normalized spacial score (nSPS) is 25.4. The summed E-state index contributed by atoms with van der Waals surface area (Å²) < 4.78 is 13.1. The number of nitrogens with one attached hydrogen (secondary N) is 1. The maximum Gasteiger partial charge on any atom is 0.123 e. The fraction of sp³-hybridized carbons (Fsp3) is 0.571. The molecule has 17 heavy (non-hydrogen) atoms. The van der Waals surface area contributed by atoms with Crippen LogP contribution in [0.3, 0.4) is 0 Å². The molecule has 0 spiro atoms. The van der Waals surface area contributed by atoms with E-state index < -0.39 is 0 Å². The molecule has 3 heteroatoms. The Morgan fingerprint density at radius 3 is 2.82 bits per heavy atom. The van der Waals surface area contributed by atoms with Crippen LogP contribution in [0.25, 0.3) is 0 Å². The lowest BCUT2D eigenvalue weighted by atomic mass is 9.75. The summed E-state index contributed by atoms with van der Waals surface area (Å²) in [6, 6.07) is 7.55. The Labute approximate surface area is 102 Å². The van der Waals surface area contributed by atoms with Crippen molar-refractivity contribution in [3.8, 4) is 0 Å². The second kappa shape index (κ2) is 5.61. The number of halogens is 1. The minimum absolute atomic E-state index is 0.152. The standard InChI is InChI=1S/C14H20FNO/c1-2-13(9-17)16-14-7-11(8-14)10-4-3-5-12(15)6-10/h3-6,11,13-14,16-17H,2,7-9H2,1H3. The minimum atomic E-state index is -0.152. The van der Waals surface area contributed by atoms with Crippen molar-refractivity contribution >= 4 is 0 Å². The highest BCUT2D eigenvalue weighted by Gasteiger charge is 2.31. The van der Waals surface area contributed by atoms with Gasteiger partial charge in [-0.25, -0.2) is 4.39 Å². The van der Waals surface area contributed by atoms with Crippen LogP contribution in [0.1, 0.15) is 37.7 Å². The van der Waals surface area contributed by atoms with E-state index in [0.29, 0.717) is 12.0 Å². The fourth-order valence-corrected chi connectivity index (χ4v) is 2.42. The number of aliphatic hydroxyl groups excluding tert-OH is 1. The fourth-order valence-electron chi connectivity index (χ4n) is 2.42. The van der Waals surface area contributed by atoms with Gasteiger partial charge in [0.2, 0.25) is 0 Å². The van der Waals surface area contributed by atoms with E-state index in [9.17, 15) is 4.39 Å². The van der Waals surface area contributed by atoms with Crippen molar-refractivity contribution in [2.75, 3.05) is 6.61 Å². The van der Waals surface area contributed by atoms with Gasteiger partial charge in [0.25, 0.3) is 0 Å². The maximum absolute atomic E-state index is 13.1. The molecule has 2 N–H and O–H groups in total. The molecule has 1 aliphatic carbocycles. The van der Waals surface area contributed by atoms with Crippen LogP contribution in [0, 0.1) is 5.82 Å². The molecule has 1 saturated carbocycles. The number of aliphatic hydroxyl groups is 1. The summed E-state index contributed by atoms with van der Waals surface area (Å²) in [4.78, 5) is 0. The van der Waals surface area contributed by atoms with E-state index in [1.165, 1.54) is 6.07 Å². The number of benzene rings is 1. The third-order valence-electron chi connectivity index (χ3n) is 3.64. The van der Waals surface area contributed by atoms with Crippen LogP contribution < -0.4 is 5.32 Å². The Morgan fingerprint density at radius 2 is 2.24 bits per heavy atom. The maximum atomic E-state index is 13.1. The molecule has 0 saturated heterocycles. The first-order valence-electron chi connectivity index (χ1n) is 6.35. The van der Waals surface area contributed by atoms with Crippen LogP contribution in [-0.2, 0) is 0 Å². The minimum Gasteiger partial charge on any atom is -0.395 e. The Morgan fingerprint density at radius 1 is 1.47 bits per heavy atom. The van der Waals surface area contributed by atoms with Crippen molar-refractivity contribution in [3.05, 3.63) is 35.6 Å². The molecule has 0 radical (unpaired) electrons. The lowest BCUT2D eigenvalue weighted by molar-refractivity contribution is 0.193. The summed E-state index contributed by atoms with van der Waals surface area (Å²) in [5.74, 6) is 0.320. The molecule has 1 aromatic rings. The Bertz CT molecular complexity index is 359. The van der Waals surface area contributed by atoms with Gasteiger partial charge in [-0.1, -0.05) is 19.1 Å². The Hall–Kier alpha value is -0.930. The average molecular weight is 237 g/mol. The van der Waals surface area contributed by atoms with Gasteiger partial charge in [0, 0.05) is 12.1 Å². The number of hydrogen-bond donors (Lipinski definition) is 2. The van der Waals surface area contributed by atoms with Gasteiger partial charge in [0.15, 0.2) is 0 Å². The first-order chi connectivity index (χ1) is 8.22. The molecule has 2 rings (SSSR count). The second-order valence-corrected chi connectivity index (χ2v) is 4.87. The molecule has 1 atom stereocenters. The number of rotatable bonds is 5. The molecule has 2 nitrogen and oxygen atoms in total. The van der Waals surface area contributed by atoms with E-state index in [0.717, 1.165) is 24.8 Å². The average Bonchev–Trinajstić information content (AvgIpc) is 2.28. The molecule has 1 aromatic carbocycles. The van der Waals surface area contributed by atoms with Gasteiger partial charge in [-0.05, 0) is 42.9 Å². The van der Waals surface area contributed by atoms with Crippen molar-refractivity contribution in [3.63, 3.8) is 0 Å². The second-order valence-electron chi connectivity index (χ2n) is 4.87. The molecule has 0 amide bonds. The third-order valence-corrected chi connectivity index (χ3v) is 3.64. The van der Waals surface area contributed by atoms with E-state index in [-0.39, 0.29) is 18.5 Å². The molecule has 0 bridgehead atoms. The van der Waals surface area contributed by atoms with Gasteiger partial charge in [-0.2, -0.15) is 0 Å². The highest BCUT2D eigenvalue weighted by atomic mass is 19.1. The van der Waals surface area contributed by atoms with E-state index in [1.807, 2.05) is 6.07 Å². The van der Waals surface area contributed by atoms with E-state index in [1.54, 1.807) is 12.1 Å². The summed E-state index contributed by atoms with van der Waals surface area (Å²) in [5.41, 5.74) is 1.10. The Balaban J connectivity index is 1.82. The third kappa shape index (κ3) is 3.05. The van der Waals surface area contributed by atoms with Gasteiger partial charge in [0.1, 0.15) is 5.82 Å². The zero-order valence-electron chi connectivity index (χ0n) is 10.2. The van der Waals surface area contributed by atoms with Crippen LogP contribution in [0.5, 0.6) is 0 Å². The smallest absolute Gasteiger partial charge is 0.123 e. The van der Waals surface area contributed by atoms with Gasteiger partial charge in [-0.3, -0.25) is 0 Å². The monoisotopic (exact) mass is 237 g/mol. The molecule has 1 fully saturated rings. The van der Waals surface area contributed by atoms with Gasteiger partial charge < -0.3 is 10.4 Å². The highest BCUT2D eigenvalue weighted by Crippen LogP contribution is 2.37. The molecule has 0 heterocycles. The summed E-state index contributed by atoms with van der Waals surface area (Å²) in [6.45, 7) is 2.26. The topological polar surface area (TPSA) is 32.3 Å². The molecule has 0 aliphatic heterocycles. The van der Waals surface area contributed by atoms with Crippen LogP contribution in [0.15, 0.2) is 24.3 Å². The van der Waals surface area contributed by atoms with Gasteiger partial charge in [0.05, 0.1) is 6.61 Å². The molecule has 1 unspecified atom stereocenters. The molecular weight excluding hydrogens is 217 g/mol. The predicted molar refractivity (Wildman–Crippen MR) is 66.5 cm³/mol. The highest BCUT2D eigenvalue weighted by molar-refractivity contribution is 5.23. The SMILES string of the molecule is CCC(CO)NC1CC(c2cccc(F)c2)C1. The first-order valence-corrected chi connectivity index (χ1v) is 6.35. The zero-order valence-corrected chi connectivity index (χ0v) is 10.2. The number of hydrogen-bond acceptors (Lipinski definition) is 2. The van der Waals surface area contributed by atoms with Crippen molar-refractivity contribution in [2.45, 2.75) is 44.2 Å². The Kier molecular flexibility index (Phi) is 4.13. The molecule has 1 aliphatic rings. The summed E-state index contributed by atoms with van der Waals surface area (Å²) in [7, 11) is 0. The van der Waals surface area contributed by atoms with Crippen molar-refractivity contribution in [1.82, 2.24) is 5.32 Å². The van der Waals surface area contributed by atoms with Crippen molar-refractivity contribution < 1.29 is 9.50 Å². The predicted octanol–water partition coefficient (Wildman–Crippen LogP) is 2.43. The first kappa shape index (κ1) is 12.5. The van der Waals surface area contributed by atoms with E-state index >= 15 is 0 Å². The molecule has 94 valence electrons. The zero-order chi connectivity index (χ0) is 12.3. The molecular formula is C14H20FNO. The van der Waals surface area contributed by atoms with Crippen LogP contribution >= 0.6 is 0 Å². The van der Waals surface area contributed by atoms with Crippen LogP contribution in [0.4, 0.5) is 4.39 Å². The van der Waals surface area contributed by atoms with Crippen LogP contribution in [0.2, 0.25) is 0 Å². The van der Waals surface area contributed by atoms with E-state index in [4.69, 9.17) is 5.11 Å². The van der Waals surface area contributed by atoms with Crippen LogP contribution in [-0.4, -0.2) is 23.8 Å². The van der Waals surface area contributed by atoms with Crippen molar-refractivity contribution in [1.29, 1.82) is 0 Å². The molecule has 0 aromatic heterocycles. The van der Waals surface area contributed by atoms with Crippen molar-refractivity contribution in [2.24, 2.45) is 0 Å². The largest absolute Gasteiger partial charge is 0.395 e. The summed E-state index contributed by atoms with van der Waals surface area (Å²) in [6.07, 6.45) is 3.03. The van der Waals surface area contributed by atoms with E-state index in [2.05, 4.69) is 12.2 Å². The lowest BCUT2D eigenvalue weighted by Crippen LogP contribution is -2.46. The summed E-state index contributed by atoms with van der Waals surface area (Å²) in [5, 5.41) is 12.5. The van der Waals surface area contributed by atoms with Gasteiger partial charge >= 0.3 is 0 Å².